The molecule has 2 aliphatic rings. The van der Waals surface area contributed by atoms with Gasteiger partial charge in [0, 0.05) is 36.8 Å². The van der Waals surface area contributed by atoms with Crippen molar-refractivity contribution in [1.29, 1.82) is 0 Å². The van der Waals surface area contributed by atoms with E-state index in [9.17, 15) is 0 Å². The third kappa shape index (κ3) is 3.88. The molecule has 0 amide bonds. The number of hydrogen-bond donors (Lipinski definition) is 1. The van der Waals surface area contributed by atoms with Crippen LogP contribution in [0.1, 0.15) is 5.56 Å². The number of nitrogens with zero attached hydrogens (tertiary/aromatic N) is 6. The molecule has 9 heteroatoms. The number of fused-ring (bicyclic) bond motifs is 6. The lowest BCUT2D eigenvalue weighted by atomic mass is 10.1. The third-order valence-corrected chi connectivity index (χ3v) is 6.89. The van der Waals surface area contributed by atoms with E-state index in [-0.39, 0.29) is 0 Å². The second-order valence-corrected chi connectivity index (χ2v) is 9.43. The molecule has 2 bridgehead atoms. The second-order valence-electron chi connectivity index (χ2n) is 9.43. The highest BCUT2D eigenvalue weighted by molar-refractivity contribution is 5.98. The van der Waals surface area contributed by atoms with Gasteiger partial charge in [-0.1, -0.05) is 0 Å². The zero-order valence-corrected chi connectivity index (χ0v) is 20.6. The van der Waals surface area contributed by atoms with E-state index in [0.717, 1.165) is 87.3 Å². The molecule has 2 aromatic heterocycles. The molecule has 37 heavy (non-hydrogen) atoms. The van der Waals surface area contributed by atoms with Crippen molar-refractivity contribution in [3.8, 4) is 17.2 Å². The monoisotopic (exact) mass is 491 g/mol. The van der Waals surface area contributed by atoms with Gasteiger partial charge in [0.2, 0.25) is 0 Å². The van der Waals surface area contributed by atoms with Crippen molar-refractivity contribution in [3.63, 3.8) is 0 Å². The van der Waals surface area contributed by atoms with E-state index in [0.29, 0.717) is 6.61 Å². The number of aromatic nitrogens is 4. The number of benzene rings is 3. The maximum atomic E-state index is 6.18. The number of rotatable bonds is 4. The van der Waals surface area contributed by atoms with Crippen LogP contribution in [0.3, 0.4) is 0 Å². The second kappa shape index (κ2) is 8.48. The van der Waals surface area contributed by atoms with Crippen molar-refractivity contribution < 1.29 is 9.47 Å². The van der Waals surface area contributed by atoms with Crippen molar-refractivity contribution in [1.82, 2.24) is 19.5 Å². The Balaban J connectivity index is 1.17. The Kier molecular flexibility index (Phi) is 4.95. The zero-order chi connectivity index (χ0) is 24.9. The molecule has 5 aromatic rings. The van der Waals surface area contributed by atoms with Crippen molar-refractivity contribution in [2.75, 3.05) is 36.5 Å². The first-order valence-corrected chi connectivity index (χ1v) is 12.3. The van der Waals surface area contributed by atoms with E-state index in [2.05, 4.69) is 42.3 Å². The largest absolute Gasteiger partial charge is 0.485 e. The number of anilines is 3. The van der Waals surface area contributed by atoms with Crippen LogP contribution in [0.2, 0.25) is 0 Å². The van der Waals surface area contributed by atoms with Crippen LogP contribution >= 0.6 is 0 Å². The van der Waals surface area contributed by atoms with Gasteiger partial charge in [-0.15, -0.1) is 0 Å². The molecule has 0 aliphatic carbocycles. The first-order chi connectivity index (χ1) is 18.1. The topological polar surface area (TPSA) is 89.7 Å². The fourth-order valence-electron chi connectivity index (χ4n) is 4.96. The van der Waals surface area contributed by atoms with Gasteiger partial charge in [-0.2, -0.15) is 0 Å². The van der Waals surface area contributed by atoms with Crippen molar-refractivity contribution >= 4 is 44.8 Å². The Morgan fingerprint density at radius 1 is 1.00 bits per heavy atom. The number of nitrogens with one attached hydrogen (secondary N) is 1. The number of ether oxygens (including phenoxy) is 2. The summed E-state index contributed by atoms with van der Waals surface area (Å²) in [5.74, 6) is 3.13. The molecular formula is C28H25N7O2. The molecule has 3 aromatic carbocycles. The molecule has 0 saturated carbocycles. The van der Waals surface area contributed by atoms with E-state index in [1.807, 2.05) is 54.9 Å². The maximum absolute atomic E-state index is 6.18. The van der Waals surface area contributed by atoms with Gasteiger partial charge in [-0.05, 0) is 48.9 Å². The van der Waals surface area contributed by atoms with E-state index in [4.69, 9.17) is 9.47 Å². The Morgan fingerprint density at radius 3 is 2.86 bits per heavy atom. The molecule has 0 unspecified atom stereocenters. The maximum Gasteiger partial charge on any atom is 0.145 e. The molecule has 4 heterocycles. The predicted molar refractivity (Wildman–Crippen MR) is 145 cm³/mol. The summed E-state index contributed by atoms with van der Waals surface area (Å²) in [5, 5.41) is 4.42. The molecule has 7 rings (SSSR count). The normalized spacial score (nSPS) is 14.6. The molecule has 1 N–H and O–H groups in total. The van der Waals surface area contributed by atoms with Crippen molar-refractivity contribution in [2.45, 2.75) is 6.92 Å². The van der Waals surface area contributed by atoms with Crippen molar-refractivity contribution in [2.24, 2.45) is 12.0 Å². The van der Waals surface area contributed by atoms with Gasteiger partial charge < -0.3 is 24.3 Å². The average Bonchev–Trinajstić information content (AvgIpc) is 3.23. The fourth-order valence-corrected chi connectivity index (χ4v) is 4.96. The minimum Gasteiger partial charge on any atom is -0.485 e. The van der Waals surface area contributed by atoms with E-state index in [1.54, 1.807) is 12.7 Å². The van der Waals surface area contributed by atoms with Gasteiger partial charge in [0.25, 0.3) is 0 Å². The first kappa shape index (κ1) is 21.6. The molecule has 0 radical (unpaired) electrons. The van der Waals surface area contributed by atoms with Gasteiger partial charge in [0.05, 0.1) is 47.4 Å². The quantitative estimate of drug-likeness (QED) is 0.378. The number of imidazole rings is 1. The Morgan fingerprint density at radius 2 is 1.95 bits per heavy atom. The summed E-state index contributed by atoms with van der Waals surface area (Å²) in [7, 11) is 1.98. The average molecular weight is 492 g/mol. The molecular weight excluding hydrogens is 466 g/mol. The van der Waals surface area contributed by atoms with Crippen LogP contribution in [-0.2, 0) is 7.05 Å². The first-order valence-electron chi connectivity index (χ1n) is 12.3. The molecule has 0 atom stereocenters. The van der Waals surface area contributed by atoms with Crippen LogP contribution in [0, 0.1) is 6.92 Å². The summed E-state index contributed by atoms with van der Waals surface area (Å²) < 4.78 is 14.2. The van der Waals surface area contributed by atoms with E-state index in [1.165, 1.54) is 0 Å². The van der Waals surface area contributed by atoms with Gasteiger partial charge >= 0.3 is 0 Å². The minimum absolute atomic E-state index is 0.522. The minimum atomic E-state index is 0.522. The Labute approximate surface area is 213 Å². The Bertz CT molecular complexity index is 1710. The van der Waals surface area contributed by atoms with Crippen LogP contribution in [-0.4, -0.2) is 51.5 Å². The number of hydrogen-bond acceptors (Lipinski definition) is 8. The zero-order valence-electron chi connectivity index (χ0n) is 20.6. The number of aliphatic imine (C=N–C) groups is 1. The van der Waals surface area contributed by atoms with Gasteiger partial charge in [0.15, 0.2) is 0 Å². The van der Waals surface area contributed by atoms with Crippen LogP contribution in [0.5, 0.6) is 17.2 Å². The summed E-state index contributed by atoms with van der Waals surface area (Å²) >= 11 is 0. The number of aryl methyl sites for hydroxylation is 2. The smallest absolute Gasteiger partial charge is 0.145 e. The lowest BCUT2D eigenvalue weighted by Gasteiger charge is -2.26. The molecule has 184 valence electrons. The van der Waals surface area contributed by atoms with Crippen molar-refractivity contribution in [3.05, 3.63) is 66.7 Å². The summed E-state index contributed by atoms with van der Waals surface area (Å²) in [5.41, 5.74) is 6.86. The lowest BCUT2D eigenvalue weighted by molar-refractivity contribution is 0.380. The highest BCUT2D eigenvalue weighted by atomic mass is 16.5. The summed E-state index contributed by atoms with van der Waals surface area (Å²) in [6.07, 6.45) is 3.38. The fraction of sp³-hybridized carbons (Fsp3) is 0.214. The van der Waals surface area contributed by atoms with Crippen LogP contribution in [0.25, 0.3) is 21.9 Å². The highest BCUT2D eigenvalue weighted by Crippen LogP contribution is 2.38. The van der Waals surface area contributed by atoms with Gasteiger partial charge in [-0.25, -0.2) is 15.0 Å². The molecule has 9 nitrogen and oxygen atoms in total. The highest BCUT2D eigenvalue weighted by Gasteiger charge is 2.24. The summed E-state index contributed by atoms with van der Waals surface area (Å²) in [6.45, 7) is 5.01. The van der Waals surface area contributed by atoms with E-state index >= 15 is 0 Å². The molecule has 0 spiro atoms. The standard InChI is InChI=1S/C28H25N7O2/c1-17-9-18(3-6-26(17)37-20-4-5-24-23(10-20)32-16-34(24)2)33-28-21-11-25-27(12-22(21)30-15-31-28)36-14-19-13-35(25)8-7-29-19/h3-6,9-12,15-16H,7-8,13-14H2,1-2H3,(H,30,31,33). The molecule has 0 fully saturated rings. The van der Waals surface area contributed by atoms with E-state index < -0.39 is 0 Å². The summed E-state index contributed by atoms with van der Waals surface area (Å²) in [4.78, 5) is 20.4. The summed E-state index contributed by atoms with van der Waals surface area (Å²) in [6, 6.07) is 16.1. The van der Waals surface area contributed by atoms with Crippen LogP contribution < -0.4 is 19.7 Å². The third-order valence-electron chi connectivity index (χ3n) is 6.89. The Hall–Kier alpha value is -4.66. The van der Waals surface area contributed by atoms with Crippen LogP contribution in [0.15, 0.2) is 66.2 Å². The van der Waals surface area contributed by atoms with Gasteiger partial charge in [-0.3, -0.25) is 4.99 Å². The van der Waals surface area contributed by atoms with Crippen LogP contribution in [0.4, 0.5) is 17.2 Å². The molecule has 0 saturated heterocycles. The van der Waals surface area contributed by atoms with Gasteiger partial charge in [0.1, 0.15) is 36.0 Å². The lowest BCUT2D eigenvalue weighted by Crippen LogP contribution is -2.36. The molecule has 2 aliphatic heterocycles. The SMILES string of the molecule is Cc1cc(Nc2ncnc3cc4c(cc23)N2CCN=C(CO4)C2)ccc1Oc1ccc2c(c1)ncn2C. The predicted octanol–water partition coefficient (Wildman–Crippen LogP) is 5.01.